The molecule has 3 nitrogen and oxygen atoms in total. The summed E-state index contributed by atoms with van der Waals surface area (Å²) in [5.74, 6) is -0.424. The summed E-state index contributed by atoms with van der Waals surface area (Å²) in [5, 5.41) is 0.785. The van der Waals surface area contributed by atoms with Crippen molar-refractivity contribution in [2.24, 2.45) is 0 Å². The molecule has 0 saturated carbocycles. The van der Waals surface area contributed by atoms with E-state index in [1.165, 1.54) is 4.57 Å². The molecule has 1 aromatic heterocycles. The number of hydrogen-bond donors (Lipinski definition) is 0. The van der Waals surface area contributed by atoms with E-state index in [-0.39, 0.29) is 0 Å². The molecule has 3 rings (SSSR count). The smallest absolute Gasteiger partial charge is 0.409 e. The van der Waals surface area contributed by atoms with E-state index in [0.29, 0.717) is 16.8 Å². The van der Waals surface area contributed by atoms with E-state index in [2.05, 4.69) is 0 Å². The van der Waals surface area contributed by atoms with Gasteiger partial charge < -0.3 is 4.42 Å². The fourth-order valence-corrected chi connectivity index (χ4v) is 2.32. The molecule has 0 fully saturated rings. The van der Waals surface area contributed by atoms with E-state index >= 15 is 0 Å². The number of rotatable bonds is 2. The van der Waals surface area contributed by atoms with Crippen LogP contribution in [0.2, 0.25) is 0 Å². The summed E-state index contributed by atoms with van der Waals surface area (Å²) in [7, 11) is 0. The Balaban J connectivity index is 2.19. The van der Waals surface area contributed by atoms with Crippen molar-refractivity contribution in [2.45, 2.75) is 6.54 Å². The first-order chi connectivity index (χ1) is 9.25. The minimum absolute atomic E-state index is 0.423. The summed E-state index contributed by atoms with van der Waals surface area (Å²) in [4.78, 5) is 12.0. The summed E-state index contributed by atoms with van der Waals surface area (Å²) in [5.41, 5.74) is 1.54. The van der Waals surface area contributed by atoms with Gasteiger partial charge in [0.25, 0.3) is 0 Å². The number of benzene rings is 2. The number of hydrogen-bond acceptors (Lipinski definition) is 3. The van der Waals surface area contributed by atoms with Gasteiger partial charge in [0.1, 0.15) is 10.2 Å². The maximum Gasteiger partial charge on any atom is 0.420 e. The fraction of sp³-hybridized carbons (Fsp3) is 0.0667. The number of nitrogens with zero attached hydrogens (tertiary/aromatic N) is 1. The lowest BCUT2D eigenvalue weighted by molar-refractivity contribution is 0.475. The molecule has 0 aliphatic rings. The SMILES string of the molecule is O=c1oc2ccccc2c(=S)n1Cc1ccccc1. The van der Waals surface area contributed by atoms with Crippen LogP contribution >= 0.6 is 12.2 Å². The van der Waals surface area contributed by atoms with Crippen LogP contribution in [0.4, 0.5) is 0 Å². The number of aromatic nitrogens is 1. The molecule has 0 saturated heterocycles. The Kier molecular flexibility index (Phi) is 3.01. The van der Waals surface area contributed by atoms with Crippen molar-refractivity contribution in [3.8, 4) is 0 Å². The molecular weight excluding hydrogens is 258 g/mol. The third-order valence-electron chi connectivity index (χ3n) is 2.96. The second-order valence-corrected chi connectivity index (χ2v) is 4.63. The Bertz CT molecular complexity index is 834. The molecule has 4 heteroatoms. The molecule has 0 radical (unpaired) electrons. The van der Waals surface area contributed by atoms with Gasteiger partial charge in [-0.15, -0.1) is 0 Å². The van der Waals surface area contributed by atoms with Crippen molar-refractivity contribution in [1.82, 2.24) is 4.57 Å². The van der Waals surface area contributed by atoms with E-state index in [1.54, 1.807) is 6.07 Å². The van der Waals surface area contributed by atoms with Crippen molar-refractivity contribution in [3.63, 3.8) is 0 Å². The van der Waals surface area contributed by atoms with Crippen LogP contribution < -0.4 is 5.76 Å². The van der Waals surface area contributed by atoms with Crippen LogP contribution in [0, 0.1) is 4.64 Å². The van der Waals surface area contributed by atoms with Gasteiger partial charge in [-0.25, -0.2) is 4.79 Å². The van der Waals surface area contributed by atoms with Gasteiger partial charge in [-0.3, -0.25) is 4.57 Å². The van der Waals surface area contributed by atoms with Gasteiger partial charge >= 0.3 is 5.76 Å². The molecule has 19 heavy (non-hydrogen) atoms. The second-order valence-electron chi connectivity index (χ2n) is 4.24. The zero-order valence-corrected chi connectivity index (χ0v) is 10.9. The third-order valence-corrected chi connectivity index (χ3v) is 3.40. The number of fused-ring (bicyclic) bond motifs is 1. The maximum absolute atomic E-state index is 12.0. The Morgan fingerprint density at radius 3 is 2.47 bits per heavy atom. The van der Waals surface area contributed by atoms with Crippen molar-refractivity contribution in [2.75, 3.05) is 0 Å². The number of para-hydroxylation sites is 1. The highest BCUT2D eigenvalue weighted by Gasteiger charge is 2.06. The van der Waals surface area contributed by atoms with Crippen molar-refractivity contribution >= 4 is 23.2 Å². The van der Waals surface area contributed by atoms with Gasteiger partial charge in [0.05, 0.1) is 11.9 Å². The highest BCUT2D eigenvalue weighted by Crippen LogP contribution is 2.13. The zero-order chi connectivity index (χ0) is 13.2. The van der Waals surface area contributed by atoms with Gasteiger partial charge in [0, 0.05) is 0 Å². The van der Waals surface area contributed by atoms with Crippen LogP contribution in [-0.4, -0.2) is 4.57 Å². The van der Waals surface area contributed by atoms with Gasteiger partial charge in [-0.2, -0.15) is 0 Å². The lowest BCUT2D eigenvalue weighted by atomic mass is 10.2. The molecule has 94 valence electrons. The molecule has 0 aliphatic carbocycles. The van der Waals surface area contributed by atoms with Crippen molar-refractivity contribution in [3.05, 3.63) is 75.4 Å². The summed E-state index contributed by atoms with van der Waals surface area (Å²) < 4.78 is 7.28. The zero-order valence-electron chi connectivity index (χ0n) is 10.1. The van der Waals surface area contributed by atoms with Gasteiger partial charge in [-0.1, -0.05) is 54.7 Å². The molecule has 0 unspecified atom stereocenters. The largest absolute Gasteiger partial charge is 0.420 e. The first kappa shape index (κ1) is 11.9. The minimum Gasteiger partial charge on any atom is -0.409 e. The summed E-state index contributed by atoms with van der Waals surface area (Å²) in [6, 6.07) is 17.0. The van der Waals surface area contributed by atoms with Gasteiger partial charge in [0.2, 0.25) is 0 Å². The van der Waals surface area contributed by atoms with E-state index < -0.39 is 5.76 Å². The normalized spacial score (nSPS) is 10.7. The van der Waals surface area contributed by atoms with E-state index in [4.69, 9.17) is 16.6 Å². The molecule has 0 aliphatic heterocycles. The van der Waals surface area contributed by atoms with Crippen LogP contribution in [0.5, 0.6) is 0 Å². The summed E-state index contributed by atoms with van der Waals surface area (Å²) >= 11 is 5.38. The molecular formula is C15H11NO2S. The molecule has 0 bridgehead atoms. The van der Waals surface area contributed by atoms with Crippen molar-refractivity contribution in [1.29, 1.82) is 0 Å². The minimum atomic E-state index is -0.424. The summed E-state index contributed by atoms with van der Waals surface area (Å²) in [6.07, 6.45) is 0. The van der Waals surface area contributed by atoms with Crippen molar-refractivity contribution < 1.29 is 4.42 Å². The molecule has 0 N–H and O–H groups in total. The lowest BCUT2D eigenvalue weighted by Crippen LogP contribution is -2.20. The van der Waals surface area contributed by atoms with Gasteiger partial charge in [0.15, 0.2) is 0 Å². The van der Waals surface area contributed by atoms with E-state index in [1.807, 2.05) is 48.5 Å². The molecule has 0 spiro atoms. The second kappa shape index (κ2) is 4.82. The Morgan fingerprint density at radius 2 is 1.68 bits per heavy atom. The van der Waals surface area contributed by atoms with Crippen LogP contribution in [0.1, 0.15) is 5.56 Å². The predicted octanol–water partition coefficient (Wildman–Crippen LogP) is 3.37. The lowest BCUT2D eigenvalue weighted by Gasteiger charge is -2.06. The van der Waals surface area contributed by atoms with E-state index in [0.717, 1.165) is 10.9 Å². The standard InChI is InChI=1S/C15H11NO2S/c17-15-16(10-11-6-2-1-3-7-11)14(19)12-8-4-5-9-13(12)18-15/h1-9H,10H2. The Labute approximate surface area is 114 Å². The average molecular weight is 269 g/mol. The third kappa shape index (κ3) is 2.22. The summed E-state index contributed by atoms with van der Waals surface area (Å²) in [6.45, 7) is 0.423. The fourth-order valence-electron chi connectivity index (χ4n) is 2.01. The van der Waals surface area contributed by atoms with Gasteiger partial charge in [-0.05, 0) is 17.7 Å². The van der Waals surface area contributed by atoms with E-state index in [9.17, 15) is 4.79 Å². The molecule has 1 heterocycles. The van der Waals surface area contributed by atoms with Crippen LogP contribution in [0.3, 0.4) is 0 Å². The van der Waals surface area contributed by atoms with Crippen LogP contribution in [-0.2, 0) is 6.54 Å². The first-order valence-electron chi connectivity index (χ1n) is 5.92. The Hall–Kier alpha value is -2.20. The highest BCUT2D eigenvalue weighted by molar-refractivity contribution is 7.71. The quantitative estimate of drug-likeness (QED) is 0.669. The molecule has 0 atom stereocenters. The molecule has 3 aromatic rings. The maximum atomic E-state index is 12.0. The first-order valence-corrected chi connectivity index (χ1v) is 6.33. The Morgan fingerprint density at radius 1 is 1.00 bits per heavy atom. The van der Waals surface area contributed by atoms with Crippen LogP contribution in [0.15, 0.2) is 63.8 Å². The predicted molar refractivity (Wildman–Crippen MR) is 76.9 cm³/mol. The highest BCUT2D eigenvalue weighted by atomic mass is 32.1. The molecule has 2 aromatic carbocycles. The molecule has 0 amide bonds. The average Bonchev–Trinajstić information content (AvgIpc) is 2.45. The van der Waals surface area contributed by atoms with Crippen LogP contribution in [0.25, 0.3) is 11.0 Å². The topological polar surface area (TPSA) is 35.1 Å². The monoisotopic (exact) mass is 269 g/mol.